The molecule has 2 N–H and O–H groups in total. The van der Waals surface area contributed by atoms with Gasteiger partial charge in [-0.3, -0.25) is 4.79 Å². The van der Waals surface area contributed by atoms with E-state index < -0.39 is 30.1 Å². The van der Waals surface area contributed by atoms with Crippen LogP contribution in [0, 0.1) is 5.92 Å². The third-order valence-corrected chi connectivity index (χ3v) is 4.01. The monoisotopic (exact) mass is 319 g/mol. The molecule has 1 heterocycles. The minimum absolute atomic E-state index is 0.109. The van der Waals surface area contributed by atoms with Gasteiger partial charge in [0.25, 0.3) is 0 Å². The number of likely N-dealkylation sites (tertiary alicyclic amines) is 1. The van der Waals surface area contributed by atoms with E-state index in [1.165, 1.54) is 11.0 Å². The maximum Gasteiger partial charge on any atom is 0.410 e. The number of carbonyl (C=O) groups excluding carboxylic acids is 1. The maximum atomic E-state index is 12.3. The number of carboxylic acids is 1. The predicted molar refractivity (Wildman–Crippen MR) is 83.7 cm³/mol. The van der Waals surface area contributed by atoms with E-state index in [4.69, 9.17) is 4.74 Å². The lowest BCUT2D eigenvalue weighted by Gasteiger charge is -2.29. The van der Waals surface area contributed by atoms with Gasteiger partial charge in [0.05, 0.1) is 18.1 Å². The third-order valence-electron chi connectivity index (χ3n) is 4.01. The largest absolute Gasteiger partial charge is 0.481 e. The molecule has 0 bridgehead atoms. The molecule has 1 aromatic rings. The summed E-state index contributed by atoms with van der Waals surface area (Å²) < 4.78 is 5.26. The second-order valence-corrected chi connectivity index (χ2v) is 5.55. The number of nitrogens with zero attached hydrogens (tertiary/aromatic N) is 1. The lowest BCUT2D eigenvalue weighted by Crippen LogP contribution is -2.47. The number of hydrogen-bond acceptors (Lipinski definition) is 4. The first kappa shape index (κ1) is 17.0. The van der Waals surface area contributed by atoms with Crippen LogP contribution in [-0.2, 0) is 16.1 Å². The number of benzene rings is 1. The molecule has 6 nitrogen and oxygen atoms in total. The lowest BCUT2D eigenvalue weighted by atomic mass is 9.92. The number of aliphatic hydroxyl groups excluding tert-OH is 1. The Kier molecular flexibility index (Phi) is 5.76. The summed E-state index contributed by atoms with van der Waals surface area (Å²) in [5.74, 6) is -1.95. The van der Waals surface area contributed by atoms with Crippen molar-refractivity contribution in [2.24, 2.45) is 5.92 Å². The Morgan fingerprint density at radius 2 is 2.09 bits per heavy atom. The molecule has 0 aromatic heterocycles. The number of aliphatic carboxylic acids is 1. The molecule has 0 aliphatic carbocycles. The number of carboxylic acid groups (broad SMARTS) is 1. The van der Waals surface area contributed by atoms with Crippen LogP contribution in [0.5, 0.6) is 0 Å². The summed E-state index contributed by atoms with van der Waals surface area (Å²) in [6, 6.07) is 8.42. The molecular formula is C17H21NO5. The van der Waals surface area contributed by atoms with Crippen LogP contribution < -0.4 is 0 Å². The Balaban J connectivity index is 2.05. The molecule has 2 rings (SSSR count). The van der Waals surface area contributed by atoms with Crippen LogP contribution in [0.1, 0.15) is 18.4 Å². The molecule has 1 saturated heterocycles. The van der Waals surface area contributed by atoms with E-state index in [9.17, 15) is 19.8 Å². The van der Waals surface area contributed by atoms with Crippen LogP contribution in [0.4, 0.5) is 4.79 Å². The quantitative estimate of drug-likeness (QED) is 0.784. The number of hydrogen-bond donors (Lipinski definition) is 2. The van der Waals surface area contributed by atoms with Crippen LogP contribution in [-0.4, -0.2) is 45.9 Å². The van der Waals surface area contributed by atoms with Gasteiger partial charge in [-0.05, 0) is 18.4 Å². The molecule has 0 saturated carbocycles. The van der Waals surface area contributed by atoms with Gasteiger partial charge in [0.15, 0.2) is 0 Å². The van der Waals surface area contributed by atoms with Crippen LogP contribution in [0.15, 0.2) is 43.0 Å². The number of rotatable bonds is 6. The minimum atomic E-state index is -1.06. The van der Waals surface area contributed by atoms with Crippen molar-refractivity contribution in [2.75, 3.05) is 6.54 Å². The van der Waals surface area contributed by atoms with E-state index in [1.54, 1.807) is 0 Å². The highest BCUT2D eigenvalue weighted by molar-refractivity contribution is 5.74. The molecule has 1 fully saturated rings. The number of ether oxygens (including phenoxy) is 1. The Bertz CT molecular complexity index is 559. The van der Waals surface area contributed by atoms with E-state index in [-0.39, 0.29) is 19.6 Å². The Morgan fingerprint density at radius 3 is 2.70 bits per heavy atom. The zero-order chi connectivity index (χ0) is 16.8. The van der Waals surface area contributed by atoms with Gasteiger partial charge in [-0.25, -0.2) is 4.79 Å². The van der Waals surface area contributed by atoms with E-state index in [1.807, 2.05) is 30.3 Å². The average molecular weight is 319 g/mol. The van der Waals surface area contributed by atoms with Gasteiger partial charge >= 0.3 is 12.1 Å². The Hall–Kier alpha value is -2.34. The van der Waals surface area contributed by atoms with Gasteiger partial charge in [-0.1, -0.05) is 36.4 Å². The molecule has 1 aromatic carbocycles. The zero-order valence-electron chi connectivity index (χ0n) is 12.8. The molecule has 1 amide bonds. The lowest BCUT2D eigenvalue weighted by molar-refractivity contribution is -0.144. The molecule has 3 atom stereocenters. The van der Waals surface area contributed by atoms with Crippen molar-refractivity contribution in [3.8, 4) is 0 Å². The fraction of sp³-hybridized carbons (Fsp3) is 0.412. The summed E-state index contributed by atoms with van der Waals surface area (Å²) in [4.78, 5) is 25.0. The summed E-state index contributed by atoms with van der Waals surface area (Å²) in [6.07, 6.45) is 0.522. The Morgan fingerprint density at radius 1 is 1.39 bits per heavy atom. The van der Waals surface area contributed by atoms with Crippen molar-refractivity contribution >= 4 is 12.1 Å². The van der Waals surface area contributed by atoms with E-state index in [2.05, 4.69) is 6.58 Å². The van der Waals surface area contributed by atoms with Crippen molar-refractivity contribution in [1.82, 2.24) is 4.90 Å². The predicted octanol–water partition coefficient (Wildman–Crippen LogP) is 2.04. The summed E-state index contributed by atoms with van der Waals surface area (Å²) in [5.41, 5.74) is 0.845. The number of allylic oxidation sites excluding steroid dienone is 1. The standard InChI is InChI=1S/C17H21NO5/c1-2-6-13(16(20)21)15-14(19)9-10-18(15)17(22)23-11-12-7-4-3-5-8-12/h2-5,7-8,13-15,19H,1,6,9-11H2,(H,20,21)/t13?,14-,15+/m1/s1. The van der Waals surface area contributed by atoms with E-state index in [0.717, 1.165) is 5.56 Å². The molecular weight excluding hydrogens is 298 g/mol. The van der Waals surface area contributed by atoms with Crippen LogP contribution in [0.25, 0.3) is 0 Å². The van der Waals surface area contributed by atoms with Crippen LogP contribution in [0.2, 0.25) is 0 Å². The summed E-state index contributed by atoms with van der Waals surface area (Å²) >= 11 is 0. The van der Waals surface area contributed by atoms with E-state index in [0.29, 0.717) is 6.42 Å². The SMILES string of the molecule is C=CCC(C(=O)O)[C@H]1[C@H](O)CCN1C(=O)OCc1ccccc1. The molecule has 1 aliphatic rings. The number of aliphatic hydroxyl groups is 1. The highest BCUT2D eigenvalue weighted by Gasteiger charge is 2.44. The number of amides is 1. The summed E-state index contributed by atoms with van der Waals surface area (Å²) in [6.45, 7) is 3.93. The fourth-order valence-electron chi connectivity index (χ4n) is 2.87. The molecule has 124 valence electrons. The first-order valence-electron chi connectivity index (χ1n) is 7.53. The molecule has 23 heavy (non-hydrogen) atoms. The minimum Gasteiger partial charge on any atom is -0.481 e. The van der Waals surface area contributed by atoms with Gasteiger partial charge in [-0.2, -0.15) is 0 Å². The number of carbonyl (C=O) groups is 2. The first-order chi connectivity index (χ1) is 11.0. The van der Waals surface area contributed by atoms with Crippen molar-refractivity contribution in [3.63, 3.8) is 0 Å². The van der Waals surface area contributed by atoms with Gasteiger partial charge in [-0.15, -0.1) is 6.58 Å². The summed E-state index contributed by atoms with van der Waals surface area (Å²) in [5, 5.41) is 19.4. The Labute approximate surface area is 135 Å². The molecule has 6 heteroatoms. The third kappa shape index (κ3) is 4.10. The van der Waals surface area contributed by atoms with E-state index >= 15 is 0 Å². The summed E-state index contributed by atoms with van der Waals surface area (Å²) in [7, 11) is 0. The molecule has 1 aliphatic heterocycles. The van der Waals surface area contributed by atoms with Crippen LogP contribution in [0.3, 0.4) is 0 Å². The average Bonchev–Trinajstić information content (AvgIpc) is 2.92. The smallest absolute Gasteiger partial charge is 0.410 e. The van der Waals surface area contributed by atoms with Gasteiger partial charge in [0, 0.05) is 6.54 Å². The van der Waals surface area contributed by atoms with Gasteiger partial charge in [0.1, 0.15) is 6.61 Å². The highest BCUT2D eigenvalue weighted by Crippen LogP contribution is 2.28. The zero-order valence-corrected chi connectivity index (χ0v) is 12.8. The molecule has 0 spiro atoms. The second-order valence-electron chi connectivity index (χ2n) is 5.55. The molecule has 1 unspecified atom stereocenters. The van der Waals surface area contributed by atoms with Crippen molar-refractivity contribution < 1.29 is 24.5 Å². The van der Waals surface area contributed by atoms with Crippen molar-refractivity contribution in [3.05, 3.63) is 48.6 Å². The first-order valence-corrected chi connectivity index (χ1v) is 7.53. The van der Waals surface area contributed by atoms with Gasteiger partial charge in [0.2, 0.25) is 0 Å². The van der Waals surface area contributed by atoms with Crippen molar-refractivity contribution in [1.29, 1.82) is 0 Å². The van der Waals surface area contributed by atoms with Crippen LogP contribution >= 0.6 is 0 Å². The highest BCUT2D eigenvalue weighted by atomic mass is 16.6. The van der Waals surface area contributed by atoms with Crippen molar-refractivity contribution in [2.45, 2.75) is 31.6 Å². The second kappa shape index (κ2) is 7.78. The normalized spacial score (nSPS) is 21.7. The van der Waals surface area contributed by atoms with Gasteiger partial charge < -0.3 is 19.8 Å². The fourth-order valence-corrected chi connectivity index (χ4v) is 2.87. The topological polar surface area (TPSA) is 87.1 Å². The molecule has 0 radical (unpaired) electrons. The maximum absolute atomic E-state index is 12.3.